The third-order valence-electron chi connectivity index (χ3n) is 6.28. The lowest BCUT2D eigenvalue weighted by atomic mass is 10.1. The molecule has 2 aliphatic heterocycles. The Bertz CT molecular complexity index is 939. The number of benzene rings is 1. The molecule has 1 atom stereocenters. The van der Waals surface area contributed by atoms with E-state index in [2.05, 4.69) is 23.7 Å². The Hall–Kier alpha value is -2.35. The van der Waals surface area contributed by atoms with Crippen LogP contribution < -0.4 is 4.74 Å². The van der Waals surface area contributed by atoms with Crippen molar-refractivity contribution >= 4 is 16.8 Å². The van der Waals surface area contributed by atoms with E-state index in [0.29, 0.717) is 18.0 Å². The molecule has 4 rings (SSSR count). The van der Waals surface area contributed by atoms with Gasteiger partial charge in [0.25, 0.3) is 5.91 Å². The predicted octanol–water partition coefficient (Wildman–Crippen LogP) is 4.65. The van der Waals surface area contributed by atoms with Gasteiger partial charge >= 0.3 is 6.18 Å². The van der Waals surface area contributed by atoms with Crippen LogP contribution in [0.1, 0.15) is 50.0 Å². The molecule has 0 bridgehead atoms. The molecule has 1 unspecified atom stereocenters. The first-order valence-corrected chi connectivity index (χ1v) is 10.9. The molecular formula is C23H28F3N3O2. The quantitative estimate of drug-likeness (QED) is 0.701. The van der Waals surface area contributed by atoms with E-state index in [-0.39, 0.29) is 24.8 Å². The van der Waals surface area contributed by atoms with Gasteiger partial charge in [-0.15, -0.1) is 0 Å². The summed E-state index contributed by atoms with van der Waals surface area (Å²) in [5, 5.41) is 0.794. The summed E-state index contributed by atoms with van der Waals surface area (Å²) in [5.41, 5.74) is 0.606. The number of alkyl halides is 3. The van der Waals surface area contributed by atoms with Crippen molar-refractivity contribution < 1.29 is 22.7 Å². The van der Waals surface area contributed by atoms with Gasteiger partial charge in [-0.1, -0.05) is 6.07 Å². The number of fused-ring (bicyclic) bond motifs is 1. The molecule has 2 aliphatic rings. The number of rotatable bonds is 4. The molecule has 8 heteroatoms. The van der Waals surface area contributed by atoms with Gasteiger partial charge in [0.2, 0.25) is 0 Å². The first-order chi connectivity index (χ1) is 14.7. The molecule has 5 nitrogen and oxygen atoms in total. The third-order valence-corrected chi connectivity index (χ3v) is 6.28. The van der Waals surface area contributed by atoms with E-state index in [1.807, 2.05) is 12.1 Å². The molecular weight excluding hydrogens is 407 g/mol. The maximum atomic E-state index is 13.2. The van der Waals surface area contributed by atoms with Gasteiger partial charge in [-0.25, -0.2) is 4.98 Å². The zero-order valence-electron chi connectivity index (χ0n) is 17.9. The molecule has 1 amide bonds. The van der Waals surface area contributed by atoms with Crippen LogP contribution in [0.25, 0.3) is 10.9 Å². The number of halogens is 3. The third kappa shape index (κ3) is 4.79. The fraction of sp³-hybridized carbons (Fsp3) is 0.565. The molecule has 2 fully saturated rings. The molecule has 0 saturated carbocycles. The van der Waals surface area contributed by atoms with Crippen molar-refractivity contribution in [1.29, 1.82) is 0 Å². The highest BCUT2D eigenvalue weighted by Gasteiger charge is 2.48. The summed E-state index contributed by atoms with van der Waals surface area (Å²) in [6, 6.07) is 7.48. The van der Waals surface area contributed by atoms with Crippen molar-refractivity contribution in [2.45, 2.75) is 63.9 Å². The monoisotopic (exact) mass is 435 g/mol. The van der Waals surface area contributed by atoms with Gasteiger partial charge in [0.05, 0.1) is 5.52 Å². The van der Waals surface area contributed by atoms with Crippen LogP contribution in [0.5, 0.6) is 5.75 Å². The number of piperidine rings is 1. The minimum atomic E-state index is -4.42. The van der Waals surface area contributed by atoms with Gasteiger partial charge in [0.15, 0.2) is 0 Å². The van der Waals surface area contributed by atoms with Gasteiger partial charge in [-0.3, -0.25) is 4.79 Å². The Morgan fingerprint density at radius 1 is 1.10 bits per heavy atom. The summed E-state index contributed by atoms with van der Waals surface area (Å²) in [4.78, 5) is 20.4. The number of hydrogen-bond donors (Lipinski definition) is 0. The van der Waals surface area contributed by atoms with Crippen molar-refractivity contribution in [3.8, 4) is 5.75 Å². The van der Waals surface area contributed by atoms with E-state index in [4.69, 9.17) is 4.74 Å². The largest absolute Gasteiger partial charge is 0.490 e. The molecule has 2 saturated heterocycles. The summed E-state index contributed by atoms with van der Waals surface area (Å²) in [6.45, 7) is 6.52. The van der Waals surface area contributed by atoms with Crippen molar-refractivity contribution in [1.82, 2.24) is 14.8 Å². The number of nitrogens with zero attached hydrogens (tertiary/aromatic N) is 3. The van der Waals surface area contributed by atoms with Crippen LogP contribution in [0, 0.1) is 0 Å². The zero-order chi connectivity index (χ0) is 22.2. The fourth-order valence-electron chi connectivity index (χ4n) is 4.50. The lowest BCUT2D eigenvalue weighted by molar-refractivity contribution is -0.169. The normalized spacial score (nSPS) is 21.2. The van der Waals surface area contributed by atoms with Crippen LogP contribution in [-0.4, -0.2) is 64.7 Å². The standard InChI is InChI=1S/C23H28F3N3O2/c1-15(2)28-12-9-17(10-13-28)31-18-6-8-19-16(14-18)5-7-20(27-19)22(30)29-11-3-4-21(29)23(24,25)26/h5-8,14-15,17,21H,3-4,9-13H2,1-2H3. The van der Waals surface area contributed by atoms with Gasteiger partial charge in [0.1, 0.15) is 23.6 Å². The second kappa shape index (κ2) is 8.65. The Balaban J connectivity index is 1.45. The highest BCUT2D eigenvalue weighted by atomic mass is 19.4. The van der Waals surface area contributed by atoms with E-state index in [0.717, 1.165) is 42.0 Å². The highest BCUT2D eigenvalue weighted by molar-refractivity contribution is 5.95. The zero-order valence-corrected chi connectivity index (χ0v) is 17.9. The lowest BCUT2D eigenvalue weighted by Gasteiger charge is -2.34. The van der Waals surface area contributed by atoms with Crippen LogP contribution in [-0.2, 0) is 0 Å². The maximum absolute atomic E-state index is 13.2. The molecule has 0 radical (unpaired) electrons. The lowest BCUT2D eigenvalue weighted by Crippen LogP contribution is -2.44. The van der Waals surface area contributed by atoms with Crippen LogP contribution in [0.4, 0.5) is 13.2 Å². The number of likely N-dealkylation sites (tertiary alicyclic amines) is 2. The number of carbonyl (C=O) groups is 1. The summed E-state index contributed by atoms with van der Waals surface area (Å²) < 4.78 is 45.8. The summed E-state index contributed by atoms with van der Waals surface area (Å²) in [7, 11) is 0. The second-order valence-electron chi connectivity index (χ2n) is 8.70. The number of amides is 1. The minimum Gasteiger partial charge on any atom is -0.490 e. The fourth-order valence-corrected chi connectivity index (χ4v) is 4.50. The van der Waals surface area contributed by atoms with E-state index >= 15 is 0 Å². The van der Waals surface area contributed by atoms with Crippen LogP contribution in [0.3, 0.4) is 0 Å². The van der Waals surface area contributed by atoms with E-state index < -0.39 is 18.1 Å². The van der Waals surface area contributed by atoms with Crippen LogP contribution in [0.15, 0.2) is 30.3 Å². The smallest absolute Gasteiger partial charge is 0.408 e. The molecule has 31 heavy (non-hydrogen) atoms. The summed E-state index contributed by atoms with van der Waals surface area (Å²) in [6.07, 6.45) is -2.02. The van der Waals surface area contributed by atoms with Crippen molar-refractivity contribution in [3.63, 3.8) is 0 Å². The Morgan fingerprint density at radius 3 is 2.52 bits per heavy atom. The Kier molecular flexibility index (Phi) is 6.10. The number of carbonyl (C=O) groups excluding carboxylic acids is 1. The molecule has 0 aliphatic carbocycles. The maximum Gasteiger partial charge on any atom is 0.408 e. The molecule has 1 aromatic carbocycles. The SMILES string of the molecule is CC(C)N1CCC(Oc2ccc3nc(C(=O)N4CCCC4C(F)(F)F)ccc3c2)CC1. The molecule has 168 valence electrons. The summed E-state index contributed by atoms with van der Waals surface area (Å²) in [5.74, 6) is 0.0759. The first kappa shape index (κ1) is 21.9. The molecule has 0 spiro atoms. The number of hydrogen-bond acceptors (Lipinski definition) is 4. The van der Waals surface area contributed by atoms with E-state index in [9.17, 15) is 18.0 Å². The van der Waals surface area contributed by atoms with Gasteiger partial charge in [0, 0.05) is 31.1 Å². The average molecular weight is 435 g/mol. The van der Waals surface area contributed by atoms with Crippen LogP contribution >= 0.6 is 0 Å². The van der Waals surface area contributed by atoms with Gasteiger partial charge < -0.3 is 14.5 Å². The second-order valence-corrected chi connectivity index (χ2v) is 8.70. The minimum absolute atomic E-state index is 0.0402. The van der Waals surface area contributed by atoms with Crippen molar-refractivity contribution in [3.05, 3.63) is 36.0 Å². The average Bonchev–Trinajstić information content (AvgIpc) is 3.24. The molecule has 0 N–H and O–H groups in total. The molecule has 2 aromatic rings. The van der Waals surface area contributed by atoms with Gasteiger partial charge in [-0.2, -0.15) is 13.2 Å². The number of aromatic nitrogens is 1. The highest BCUT2D eigenvalue weighted by Crippen LogP contribution is 2.33. The Labute approximate surface area is 180 Å². The topological polar surface area (TPSA) is 45.7 Å². The predicted molar refractivity (Wildman–Crippen MR) is 112 cm³/mol. The van der Waals surface area contributed by atoms with Crippen molar-refractivity contribution in [2.75, 3.05) is 19.6 Å². The van der Waals surface area contributed by atoms with Crippen molar-refractivity contribution in [2.24, 2.45) is 0 Å². The number of pyridine rings is 1. The van der Waals surface area contributed by atoms with E-state index in [1.165, 1.54) is 6.07 Å². The first-order valence-electron chi connectivity index (χ1n) is 10.9. The molecule has 1 aromatic heterocycles. The summed E-state index contributed by atoms with van der Waals surface area (Å²) >= 11 is 0. The molecule has 3 heterocycles. The van der Waals surface area contributed by atoms with E-state index in [1.54, 1.807) is 12.1 Å². The van der Waals surface area contributed by atoms with Crippen LogP contribution in [0.2, 0.25) is 0 Å². The Morgan fingerprint density at radius 2 is 1.84 bits per heavy atom. The van der Waals surface area contributed by atoms with Gasteiger partial charge in [-0.05, 0) is 63.8 Å². The number of ether oxygens (including phenoxy) is 1.